The van der Waals surface area contributed by atoms with Crippen molar-refractivity contribution in [1.29, 1.82) is 0 Å². The van der Waals surface area contributed by atoms with E-state index in [1.54, 1.807) is 21.0 Å². The van der Waals surface area contributed by atoms with Gasteiger partial charge in [-0.05, 0) is 27.2 Å². The van der Waals surface area contributed by atoms with Gasteiger partial charge in [-0.3, -0.25) is 4.99 Å². The normalized spacial score (nSPS) is 18.3. The Morgan fingerprint density at radius 3 is 2.81 bits per heavy atom. The van der Waals surface area contributed by atoms with E-state index in [2.05, 4.69) is 30.4 Å². The molecule has 0 bridgehead atoms. The number of ether oxygens (including phenoxy) is 1. The van der Waals surface area contributed by atoms with Gasteiger partial charge in [0.2, 0.25) is 10.0 Å². The second-order valence-corrected chi connectivity index (χ2v) is 9.14. The quantitative estimate of drug-likeness (QED) is 0.401. The molecule has 154 valence electrons. The summed E-state index contributed by atoms with van der Waals surface area (Å²) < 4.78 is 32.6. The van der Waals surface area contributed by atoms with Crippen molar-refractivity contribution in [3.8, 4) is 0 Å². The highest BCUT2D eigenvalue weighted by Gasteiger charge is 2.24. The molecular formula is C16H31N7O3S. The Balaban J connectivity index is 2.01. The Hall–Kier alpha value is -1.72. The number of aromatic nitrogens is 3. The summed E-state index contributed by atoms with van der Waals surface area (Å²) in [5.74, 6) is 2.33. The van der Waals surface area contributed by atoms with Crippen molar-refractivity contribution in [2.24, 2.45) is 4.99 Å². The van der Waals surface area contributed by atoms with E-state index >= 15 is 0 Å². The van der Waals surface area contributed by atoms with Gasteiger partial charge in [-0.25, -0.2) is 22.8 Å². The van der Waals surface area contributed by atoms with Crippen LogP contribution in [0.15, 0.2) is 4.99 Å². The van der Waals surface area contributed by atoms with Gasteiger partial charge in [0.1, 0.15) is 12.4 Å². The average molecular weight is 402 g/mol. The third kappa shape index (κ3) is 7.07. The van der Waals surface area contributed by atoms with Crippen LogP contribution in [0.3, 0.4) is 0 Å². The fraction of sp³-hybridized carbons (Fsp3) is 0.812. The Morgan fingerprint density at radius 1 is 1.44 bits per heavy atom. The largest absolute Gasteiger partial charge is 0.377 e. The van der Waals surface area contributed by atoms with Gasteiger partial charge in [0, 0.05) is 31.7 Å². The van der Waals surface area contributed by atoms with Crippen molar-refractivity contribution in [1.82, 2.24) is 30.1 Å². The summed E-state index contributed by atoms with van der Waals surface area (Å²) in [6.45, 7) is 7.73. The summed E-state index contributed by atoms with van der Waals surface area (Å²) in [6, 6.07) is 0.165. The molecule has 0 saturated heterocycles. The van der Waals surface area contributed by atoms with Gasteiger partial charge in [0.15, 0.2) is 11.8 Å². The summed E-state index contributed by atoms with van der Waals surface area (Å²) in [4.78, 5) is 9.04. The molecule has 0 spiro atoms. The van der Waals surface area contributed by atoms with Crippen molar-refractivity contribution in [2.45, 2.75) is 58.3 Å². The fourth-order valence-electron chi connectivity index (χ4n) is 2.99. The van der Waals surface area contributed by atoms with Crippen LogP contribution >= 0.6 is 0 Å². The molecule has 0 radical (unpaired) electrons. The lowest BCUT2D eigenvalue weighted by molar-refractivity contribution is 0.177. The molecule has 0 amide bonds. The highest BCUT2D eigenvalue weighted by Crippen LogP contribution is 2.13. The predicted molar refractivity (Wildman–Crippen MR) is 104 cm³/mol. The van der Waals surface area contributed by atoms with Gasteiger partial charge in [-0.1, -0.05) is 0 Å². The molecule has 2 rings (SSSR count). The molecule has 2 heterocycles. The molecule has 1 aromatic heterocycles. The maximum absolute atomic E-state index is 11.5. The molecule has 27 heavy (non-hydrogen) atoms. The van der Waals surface area contributed by atoms with E-state index in [4.69, 9.17) is 4.74 Å². The first-order chi connectivity index (χ1) is 12.6. The van der Waals surface area contributed by atoms with Gasteiger partial charge in [-0.15, -0.1) is 0 Å². The highest BCUT2D eigenvalue weighted by atomic mass is 32.2. The number of guanidine groups is 1. The number of hydrogen-bond donors (Lipinski definition) is 3. The minimum absolute atomic E-state index is 0.165. The van der Waals surface area contributed by atoms with Crippen molar-refractivity contribution in [2.75, 3.05) is 26.5 Å². The maximum atomic E-state index is 11.5. The van der Waals surface area contributed by atoms with Gasteiger partial charge >= 0.3 is 0 Å². The van der Waals surface area contributed by atoms with Crippen molar-refractivity contribution < 1.29 is 13.2 Å². The SMILES string of the molecule is CCNC(=NCC(C)(C)NS(C)(=O)=O)NC1CCc2nc(COC)nn2C1. The first kappa shape index (κ1) is 21.6. The Morgan fingerprint density at radius 2 is 2.19 bits per heavy atom. The number of rotatable bonds is 8. The lowest BCUT2D eigenvalue weighted by atomic mass is 10.1. The maximum Gasteiger partial charge on any atom is 0.209 e. The van der Waals surface area contributed by atoms with Crippen LogP contribution in [0.1, 0.15) is 38.8 Å². The summed E-state index contributed by atoms with van der Waals surface area (Å²) in [6.07, 6.45) is 2.90. The Bertz CT molecular complexity index is 758. The van der Waals surface area contributed by atoms with Gasteiger partial charge in [-0.2, -0.15) is 5.10 Å². The molecule has 0 saturated carbocycles. The third-order valence-electron chi connectivity index (χ3n) is 3.95. The van der Waals surface area contributed by atoms with E-state index in [1.807, 2.05) is 11.6 Å². The van der Waals surface area contributed by atoms with Crippen LogP contribution in [-0.2, 0) is 34.3 Å². The van der Waals surface area contributed by atoms with Crippen molar-refractivity contribution >= 4 is 16.0 Å². The monoisotopic (exact) mass is 401 g/mol. The molecule has 0 fully saturated rings. The summed E-state index contributed by atoms with van der Waals surface area (Å²) in [5, 5.41) is 11.1. The van der Waals surface area contributed by atoms with Crippen LogP contribution in [0.4, 0.5) is 0 Å². The second-order valence-electron chi connectivity index (χ2n) is 7.39. The fourth-order valence-corrected chi connectivity index (χ4v) is 4.06. The van der Waals surface area contributed by atoms with E-state index in [0.717, 1.165) is 24.9 Å². The Kier molecular flexibility index (Phi) is 7.18. The lowest BCUT2D eigenvalue weighted by Crippen LogP contribution is -2.49. The summed E-state index contributed by atoms with van der Waals surface area (Å²) in [5.41, 5.74) is -0.670. The average Bonchev–Trinajstić information content (AvgIpc) is 2.93. The molecule has 1 unspecified atom stereocenters. The van der Waals surface area contributed by atoms with E-state index in [-0.39, 0.29) is 6.04 Å². The topological polar surface area (TPSA) is 123 Å². The number of hydrogen-bond acceptors (Lipinski definition) is 6. The van der Waals surface area contributed by atoms with Crippen LogP contribution < -0.4 is 15.4 Å². The van der Waals surface area contributed by atoms with E-state index < -0.39 is 15.6 Å². The Labute approximate surface area is 161 Å². The molecule has 3 N–H and O–H groups in total. The zero-order valence-corrected chi connectivity index (χ0v) is 17.6. The number of aryl methyl sites for hydroxylation is 1. The first-order valence-corrected chi connectivity index (χ1v) is 11.0. The smallest absolute Gasteiger partial charge is 0.209 e. The highest BCUT2D eigenvalue weighted by molar-refractivity contribution is 7.88. The van der Waals surface area contributed by atoms with E-state index in [9.17, 15) is 8.42 Å². The number of nitrogens with zero attached hydrogens (tertiary/aromatic N) is 4. The van der Waals surface area contributed by atoms with Crippen LogP contribution in [0.25, 0.3) is 0 Å². The van der Waals surface area contributed by atoms with Crippen molar-refractivity contribution in [3.05, 3.63) is 11.6 Å². The number of nitrogens with one attached hydrogen (secondary N) is 3. The second kappa shape index (κ2) is 8.98. The summed E-state index contributed by atoms with van der Waals surface area (Å²) in [7, 11) is -1.67. The van der Waals surface area contributed by atoms with Crippen LogP contribution in [0, 0.1) is 0 Å². The number of methoxy groups -OCH3 is 1. The third-order valence-corrected chi connectivity index (χ3v) is 4.88. The molecule has 11 heteroatoms. The zero-order valence-electron chi connectivity index (χ0n) is 16.7. The minimum Gasteiger partial charge on any atom is -0.377 e. The number of fused-ring (bicyclic) bond motifs is 1. The molecule has 1 aliphatic heterocycles. The molecule has 10 nitrogen and oxygen atoms in total. The molecule has 1 aromatic rings. The zero-order chi connectivity index (χ0) is 20.1. The van der Waals surface area contributed by atoms with E-state index in [1.165, 1.54) is 0 Å². The van der Waals surface area contributed by atoms with Crippen LogP contribution in [-0.4, -0.2) is 67.2 Å². The van der Waals surface area contributed by atoms with Gasteiger partial charge in [0.05, 0.1) is 19.3 Å². The standard InChI is InChI=1S/C16H31N7O3S/c1-6-17-15(18-11-16(2,3)22-27(5,24)25)19-12-7-8-14-20-13(10-26-4)21-23(14)9-12/h12,22H,6-11H2,1-5H3,(H2,17,18,19). The number of sulfonamides is 1. The van der Waals surface area contributed by atoms with Crippen molar-refractivity contribution in [3.63, 3.8) is 0 Å². The molecule has 0 aromatic carbocycles. The first-order valence-electron chi connectivity index (χ1n) is 9.07. The van der Waals surface area contributed by atoms with Gasteiger partial charge in [0.25, 0.3) is 0 Å². The minimum atomic E-state index is -3.29. The predicted octanol–water partition coefficient (Wildman–Crippen LogP) is -0.378. The van der Waals surface area contributed by atoms with Crippen LogP contribution in [0.5, 0.6) is 0 Å². The van der Waals surface area contributed by atoms with Crippen LogP contribution in [0.2, 0.25) is 0 Å². The molecular weight excluding hydrogens is 370 g/mol. The number of aliphatic imine (C=N–C) groups is 1. The van der Waals surface area contributed by atoms with Gasteiger partial charge < -0.3 is 15.4 Å². The molecule has 1 atom stereocenters. The van der Waals surface area contributed by atoms with E-state index in [0.29, 0.717) is 38.0 Å². The summed E-state index contributed by atoms with van der Waals surface area (Å²) >= 11 is 0. The lowest BCUT2D eigenvalue weighted by Gasteiger charge is -2.27. The molecule has 0 aliphatic carbocycles. The molecule has 1 aliphatic rings.